The number of oxime groups is 1. The first-order chi connectivity index (χ1) is 9.69. The van der Waals surface area contributed by atoms with Crippen molar-refractivity contribution in [2.45, 2.75) is 31.8 Å². The number of nitrogens with two attached hydrogens (primary N) is 1. The lowest BCUT2D eigenvalue weighted by Crippen LogP contribution is -2.16. The summed E-state index contributed by atoms with van der Waals surface area (Å²) in [5.41, 5.74) is 6.70. The Kier molecular flexibility index (Phi) is 4.95. The van der Waals surface area contributed by atoms with Crippen LogP contribution in [-0.2, 0) is 9.53 Å². The smallest absolute Gasteiger partial charge is 0.224 e. The van der Waals surface area contributed by atoms with E-state index >= 15 is 0 Å². The van der Waals surface area contributed by atoms with Crippen molar-refractivity contribution in [3.8, 4) is 0 Å². The van der Waals surface area contributed by atoms with Gasteiger partial charge in [0, 0.05) is 24.3 Å². The van der Waals surface area contributed by atoms with Crippen LogP contribution in [0.25, 0.3) is 0 Å². The summed E-state index contributed by atoms with van der Waals surface area (Å²) in [6.45, 7) is 0.800. The maximum atomic E-state index is 11.8. The number of nitrogens with zero attached hydrogens (tertiary/aromatic N) is 1. The number of amides is 1. The molecule has 1 fully saturated rings. The largest absolute Gasteiger partial charge is 0.409 e. The summed E-state index contributed by atoms with van der Waals surface area (Å²) in [5, 5.41) is 14.4. The summed E-state index contributed by atoms with van der Waals surface area (Å²) in [4.78, 5) is 11.8. The van der Waals surface area contributed by atoms with Crippen molar-refractivity contribution in [2.24, 2.45) is 10.9 Å². The summed E-state index contributed by atoms with van der Waals surface area (Å²) in [6.07, 6.45) is 3.49. The lowest BCUT2D eigenvalue weighted by Gasteiger charge is -2.10. The highest BCUT2D eigenvalue weighted by atomic mass is 16.5. The summed E-state index contributed by atoms with van der Waals surface area (Å²) in [5.74, 6) is -0.0439. The van der Waals surface area contributed by atoms with Crippen LogP contribution >= 0.6 is 0 Å². The highest BCUT2D eigenvalue weighted by Gasteiger charge is 2.16. The highest BCUT2D eigenvalue weighted by molar-refractivity contribution is 5.99. The number of ether oxygens (including phenoxy) is 1. The Hall–Kier alpha value is -2.08. The minimum absolute atomic E-state index is 0.0143. The number of rotatable bonds is 5. The Bertz CT molecular complexity index is 496. The molecule has 1 saturated heterocycles. The molecule has 1 unspecified atom stereocenters. The zero-order valence-corrected chi connectivity index (χ0v) is 11.2. The first-order valence-corrected chi connectivity index (χ1v) is 6.68. The molecule has 4 N–H and O–H groups in total. The molecule has 0 saturated carbocycles. The Morgan fingerprint density at radius 2 is 2.40 bits per heavy atom. The fraction of sp³-hybridized carbons (Fsp3) is 0.429. The van der Waals surface area contributed by atoms with Gasteiger partial charge in [0.25, 0.3) is 0 Å². The van der Waals surface area contributed by atoms with Crippen LogP contribution in [0.3, 0.4) is 0 Å². The minimum atomic E-state index is -0.0582. The van der Waals surface area contributed by atoms with E-state index < -0.39 is 0 Å². The van der Waals surface area contributed by atoms with Gasteiger partial charge >= 0.3 is 0 Å². The number of hydrogen-bond acceptors (Lipinski definition) is 4. The van der Waals surface area contributed by atoms with Gasteiger partial charge in [0.15, 0.2) is 5.84 Å². The number of carbonyl (C=O) groups is 1. The molecule has 1 aliphatic rings. The van der Waals surface area contributed by atoms with Crippen LogP contribution in [0, 0.1) is 0 Å². The Morgan fingerprint density at radius 3 is 3.10 bits per heavy atom. The fourth-order valence-electron chi connectivity index (χ4n) is 2.20. The van der Waals surface area contributed by atoms with E-state index in [4.69, 9.17) is 15.7 Å². The van der Waals surface area contributed by atoms with Crippen LogP contribution in [0.4, 0.5) is 5.69 Å². The Labute approximate surface area is 117 Å². The molecule has 0 radical (unpaired) electrons. The molecule has 6 nitrogen and oxygen atoms in total. The second-order valence-corrected chi connectivity index (χ2v) is 4.79. The van der Waals surface area contributed by atoms with Gasteiger partial charge in [-0.05, 0) is 31.4 Å². The SMILES string of the molecule is NC(=NO)c1cccc(NC(=O)CCC2CCCO2)c1. The summed E-state index contributed by atoms with van der Waals surface area (Å²) < 4.78 is 5.48. The standard InChI is InChI=1S/C14H19N3O3/c15-14(17-19)10-3-1-4-11(9-10)16-13(18)7-6-12-5-2-8-20-12/h1,3-4,9,12,19H,2,5-8H2,(H2,15,17)(H,16,18). The molecule has 1 aliphatic heterocycles. The van der Waals surface area contributed by atoms with Gasteiger partial charge in [0.05, 0.1) is 6.10 Å². The monoisotopic (exact) mass is 277 g/mol. The van der Waals surface area contributed by atoms with Gasteiger partial charge in [0.1, 0.15) is 0 Å². The van der Waals surface area contributed by atoms with E-state index in [1.165, 1.54) is 0 Å². The van der Waals surface area contributed by atoms with Gasteiger partial charge in [-0.1, -0.05) is 17.3 Å². The van der Waals surface area contributed by atoms with Crippen LogP contribution in [0.15, 0.2) is 29.4 Å². The molecular formula is C14H19N3O3. The van der Waals surface area contributed by atoms with Crippen LogP contribution in [0.1, 0.15) is 31.2 Å². The third-order valence-corrected chi connectivity index (χ3v) is 3.27. The van der Waals surface area contributed by atoms with Crippen molar-refractivity contribution in [2.75, 3.05) is 11.9 Å². The molecule has 1 aromatic carbocycles. The van der Waals surface area contributed by atoms with Gasteiger partial charge < -0.3 is 21.0 Å². The summed E-state index contributed by atoms with van der Waals surface area (Å²) in [6, 6.07) is 6.87. The molecule has 2 rings (SSSR count). The topological polar surface area (TPSA) is 96.9 Å². The van der Waals surface area contributed by atoms with Crippen LogP contribution in [0.5, 0.6) is 0 Å². The molecule has 0 aliphatic carbocycles. The maximum Gasteiger partial charge on any atom is 0.224 e. The molecular weight excluding hydrogens is 258 g/mol. The van der Waals surface area contributed by atoms with Crippen LogP contribution in [-0.4, -0.2) is 29.7 Å². The van der Waals surface area contributed by atoms with E-state index in [9.17, 15) is 4.79 Å². The van der Waals surface area contributed by atoms with Crippen molar-refractivity contribution < 1.29 is 14.7 Å². The third kappa shape index (κ3) is 3.96. The van der Waals surface area contributed by atoms with E-state index in [2.05, 4.69) is 10.5 Å². The number of nitrogens with one attached hydrogen (secondary N) is 1. The number of hydrogen-bond donors (Lipinski definition) is 3. The van der Waals surface area contributed by atoms with E-state index in [-0.39, 0.29) is 17.8 Å². The molecule has 0 aromatic heterocycles. The lowest BCUT2D eigenvalue weighted by atomic mass is 10.1. The molecule has 108 valence electrons. The number of anilines is 1. The zero-order valence-electron chi connectivity index (χ0n) is 11.2. The summed E-state index contributed by atoms with van der Waals surface area (Å²) in [7, 11) is 0. The Morgan fingerprint density at radius 1 is 1.55 bits per heavy atom. The molecule has 6 heteroatoms. The average Bonchev–Trinajstić information content (AvgIpc) is 2.98. The normalized spacial score (nSPS) is 19.0. The van der Waals surface area contributed by atoms with Crippen molar-refractivity contribution in [3.63, 3.8) is 0 Å². The van der Waals surface area contributed by atoms with Crippen LogP contribution in [0.2, 0.25) is 0 Å². The first-order valence-electron chi connectivity index (χ1n) is 6.68. The number of benzene rings is 1. The molecule has 1 heterocycles. The van der Waals surface area contributed by atoms with Gasteiger partial charge in [-0.25, -0.2) is 0 Å². The molecule has 1 atom stereocenters. The number of amidine groups is 1. The van der Waals surface area contributed by atoms with E-state index in [1.54, 1.807) is 24.3 Å². The molecule has 1 aromatic rings. The molecule has 0 spiro atoms. The minimum Gasteiger partial charge on any atom is -0.409 e. The predicted molar refractivity (Wildman–Crippen MR) is 75.8 cm³/mol. The van der Waals surface area contributed by atoms with Crippen molar-refractivity contribution in [3.05, 3.63) is 29.8 Å². The van der Waals surface area contributed by atoms with E-state index in [1.807, 2.05) is 0 Å². The maximum absolute atomic E-state index is 11.8. The van der Waals surface area contributed by atoms with Crippen molar-refractivity contribution >= 4 is 17.4 Å². The van der Waals surface area contributed by atoms with Gasteiger partial charge in [-0.3, -0.25) is 4.79 Å². The van der Waals surface area contributed by atoms with Crippen LogP contribution < -0.4 is 11.1 Å². The second kappa shape index (κ2) is 6.91. The predicted octanol–water partition coefficient (Wildman–Crippen LogP) is 1.68. The summed E-state index contributed by atoms with van der Waals surface area (Å²) >= 11 is 0. The quantitative estimate of drug-likeness (QED) is 0.330. The molecule has 20 heavy (non-hydrogen) atoms. The van der Waals surface area contributed by atoms with Gasteiger partial charge in [0.2, 0.25) is 5.91 Å². The zero-order chi connectivity index (χ0) is 14.4. The average molecular weight is 277 g/mol. The second-order valence-electron chi connectivity index (χ2n) is 4.79. The van der Waals surface area contributed by atoms with Gasteiger partial charge in [-0.2, -0.15) is 0 Å². The first kappa shape index (κ1) is 14.3. The van der Waals surface area contributed by atoms with E-state index in [0.29, 0.717) is 17.7 Å². The lowest BCUT2D eigenvalue weighted by molar-refractivity contribution is -0.116. The Balaban J connectivity index is 1.87. The fourth-order valence-corrected chi connectivity index (χ4v) is 2.20. The third-order valence-electron chi connectivity index (χ3n) is 3.27. The molecule has 0 bridgehead atoms. The highest BCUT2D eigenvalue weighted by Crippen LogP contribution is 2.17. The van der Waals surface area contributed by atoms with Gasteiger partial charge in [-0.15, -0.1) is 0 Å². The number of carbonyl (C=O) groups excluding carboxylic acids is 1. The van der Waals surface area contributed by atoms with Crippen molar-refractivity contribution in [1.82, 2.24) is 0 Å². The van der Waals surface area contributed by atoms with E-state index in [0.717, 1.165) is 25.9 Å². The molecule has 1 amide bonds. The van der Waals surface area contributed by atoms with Crippen molar-refractivity contribution in [1.29, 1.82) is 0 Å².